The third-order valence-corrected chi connectivity index (χ3v) is 4.13. The molecular formula is C11H16O4. The first-order valence-corrected chi connectivity index (χ1v) is 5.32. The second-order valence-electron chi connectivity index (χ2n) is 5.02. The molecule has 2 aliphatic rings. The molecule has 4 heteroatoms. The molecule has 0 saturated heterocycles. The second-order valence-corrected chi connectivity index (χ2v) is 5.02. The average molecular weight is 212 g/mol. The van der Waals surface area contributed by atoms with Crippen LogP contribution < -0.4 is 0 Å². The normalized spacial score (nSPS) is 37.9. The van der Waals surface area contributed by atoms with Crippen LogP contribution >= 0.6 is 0 Å². The SMILES string of the molecule is COC(=O)C12CCC(CC(=O)O)(CC1)C2. The summed E-state index contributed by atoms with van der Waals surface area (Å²) >= 11 is 0. The molecule has 0 unspecified atom stereocenters. The third kappa shape index (κ3) is 1.52. The van der Waals surface area contributed by atoms with E-state index in [-0.39, 0.29) is 23.2 Å². The van der Waals surface area contributed by atoms with Gasteiger partial charge >= 0.3 is 11.9 Å². The van der Waals surface area contributed by atoms with Crippen LogP contribution in [0.25, 0.3) is 0 Å². The number of hydrogen-bond donors (Lipinski definition) is 1. The summed E-state index contributed by atoms with van der Waals surface area (Å²) in [6.07, 6.45) is 4.22. The first-order chi connectivity index (χ1) is 7.02. The van der Waals surface area contributed by atoms with Crippen LogP contribution in [0.4, 0.5) is 0 Å². The Bertz CT molecular complexity index is 300. The minimum absolute atomic E-state index is 0.125. The number of carbonyl (C=O) groups excluding carboxylic acids is 1. The van der Waals surface area contributed by atoms with E-state index in [0.717, 1.165) is 25.7 Å². The van der Waals surface area contributed by atoms with Crippen LogP contribution in [-0.2, 0) is 14.3 Å². The van der Waals surface area contributed by atoms with Crippen LogP contribution in [0.2, 0.25) is 0 Å². The van der Waals surface area contributed by atoms with Crippen molar-refractivity contribution in [3.8, 4) is 0 Å². The van der Waals surface area contributed by atoms with Crippen molar-refractivity contribution >= 4 is 11.9 Å². The summed E-state index contributed by atoms with van der Waals surface area (Å²) in [5.74, 6) is -0.898. The van der Waals surface area contributed by atoms with Crippen molar-refractivity contribution in [3.63, 3.8) is 0 Å². The van der Waals surface area contributed by atoms with Crippen molar-refractivity contribution in [3.05, 3.63) is 0 Å². The third-order valence-electron chi connectivity index (χ3n) is 4.13. The highest BCUT2D eigenvalue weighted by atomic mass is 16.5. The zero-order valence-electron chi connectivity index (χ0n) is 8.91. The van der Waals surface area contributed by atoms with E-state index >= 15 is 0 Å². The molecular weight excluding hydrogens is 196 g/mol. The monoisotopic (exact) mass is 212 g/mol. The Kier molecular flexibility index (Phi) is 2.24. The number of esters is 1. The van der Waals surface area contributed by atoms with E-state index in [1.54, 1.807) is 0 Å². The number of carboxylic acids is 1. The van der Waals surface area contributed by atoms with Crippen LogP contribution in [0.1, 0.15) is 38.5 Å². The van der Waals surface area contributed by atoms with Gasteiger partial charge in [-0.15, -0.1) is 0 Å². The molecule has 0 aliphatic heterocycles. The van der Waals surface area contributed by atoms with Crippen molar-refractivity contribution in [1.82, 2.24) is 0 Å². The van der Waals surface area contributed by atoms with E-state index in [2.05, 4.69) is 0 Å². The van der Waals surface area contributed by atoms with Gasteiger partial charge in [0.05, 0.1) is 18.9 Å². The summed E-state index contributed by atoms with van der Waals surface area (Å²) in [5, 5.41) is 8.85. The lowest BCUT2D eigenvalue weighted by atomic mass is 9.80. The van der Waals surface area contributed by atoms with E-state index in [1.807, 2.05) is 0 Å². The van der Waals surface area contributed by atoms with Gasteiger partial charge in [0.2, 0.25) is 0 Å². The van der Waals surface area contributed by atoms with E-state index in [1.165, 1.54) is 7.11 Å². The van der Waals surface area contributed by atoms with Gasteiger partial charge < -0.3 is 9.84 Å². The van der Waals surface area contributed by atoms with Gasteiger partial charge in [-0.25, -0.2) is 0 Å². The van der Waals surface area contributed by atoms with E-state index < -0.39 is 5.97 Å². The van der Waals surface area contributed by atoms with Gasteiger partial charge in [0.1, 0.15) is 0 Å². The number of fused-ring (bicyclic) bond motifs is 2. The molecule has 0 radical (unpaired) electrons. The molecule has 0 aromatic rings. The summed E-state index contributed by atoms with van der Waals surface area (Å²) < 4.78 is 4.82. The lowest BCUT2D eigenvalue weighted by Gasteiger charge is -2.25. The standard InChI is InChI=1S/C11H16O4/c1-15-9(14)11-4-2-10(7-11,3-5-11)6-8(12)13/h2-7H2,1H3,(H,12,13). The number of hydrogen-bond acceptors (Lipinski definition) is 3. The van der Waals surface area contributed by atoms with E-state index in [4.69, 9.17) is 9.84 Å². The minimum Gasteiger partial charge on any atom is -0.481 e. The molecule has 2 fully saturated rings. The van der Waals surface area contributed by atoms with Gasteiger partial charge in [-0.2, -0.15) is 0 Å². The van der Waals surface area contributed by atoms with Gasteiger partial charge in [0.15, 0.2) is 0 Å². The Morgan fingerprint density at radius 3 is 2.33 bits per heavy atom. The molecule has 2 bridgehead atoms. The number of aliphatic carboxylic acids is 1. The maximum absolute atomic E-state index is 11.7. The largest absolute Gasteiger partial charge is 0.481 e. The molecule has 0 spiro atoms. The van der Waals surface area contributed by atoms with Gasteiger partial charge in [-0.1, -0.05) is 0 Å². The second kappa shape index (κ2) is 3.22. The molecule has 0 amide bonds. The molecule has 1 N–H and O–H groups in total. The summed E-state index contributed by atoms with van der Waals surface area (Å²) in [6.45, 7) is 0. The fourth-order valence-electron chi connectivity index (χ4n) is 3.38. The number of carbonyl (C=O) groups is 2. The van der Waals surface area contributed by atoms with Crippen LogP contribution in [0, 0.1) is 10.8 Å². The molecule has 2 aliphatic carbocycles. The predicted molar refractivity (Wildman–Crippen MR) is 52.2 cm³/mol. The molecule has 2 saturated carbocycles. The summed E-state index contributed by atoms with van der Waals surface area (Å²) in [7, 11) is 1.41. The molecule has 15 heavy (non-hydrogen) atoms. The quantitative estimate of drug-likeness (QED) is 0.721. The van der Waals surface area contributed by atoms with E-state index in [9.17, 15) is 9.59 Å². The number of methoxy groups -OCH3 is 1. The molecule has 0 aromatic heterocycles. The Morgan fingerprint density at radius 2 is 1.87 bits per heavy atom. The van der Waals surface area contributed by atoms with Gasteiger partial charge in [-0.3, -0.25) is 9.59 Å². The van der Waals surface area contributed by atoms with Gasteiger partial charge in [-0.05, 0) is 37.5 Å². The van der Waals surface area contributed by atoms with Crippen LogP contribution in [0.5, 0.6) is 0 Å². The van der Waals surface area contributed by atoms with E-state index in [0.29, 0.717) is 6.42 Å². The molecule has 0 aromatic carbocycles. The summed E-state index contributed by atoms with van der Waals surface area (Å²) in [5.41, 5.74) is -0.482. The Balaban J connectivity index is 2.13. The van der Waals surface area contributed by atoms with Gasteiger partial charge in [0.25, 0.3) is 0 Å². The maximum atomic E-state index is 11.7. The molecule has 0 atom stereocenters. The lowest BCUT2D eigenvalue weighted by Crippen LogP contribution is -2.27. The predicted octanol–water partition coefficient (Wildman–Crippen LogP) is 1.58. The highest BCUT2D eigenvalue weighted by Gasteiger charge is 2.59. The number of carboxylic acid groups (broad SMARTS) is 1. The average Bonchev–Trinajstić information content (AvgIpc) is 2.71. The van der Waals surface area contributed by atoms with Crippen molar-refractivity contribution in [1.29, 1.82) is 0 Å². The van der Waals surface area contributed by atoms with Crippen molar-refractivity contribution < 1.29 is 19.4 Å². The molecule has 0 heterocycles. The Morgan fingerprint density at radius 1 is 1.27 bits per heavy atom. The van der Waals surface area contributed by atoms with Crippen molar-refractivity contribution in [2.45, 2.75) is 38.5 Å². The molecule has 84 valence electrons. The number of ether oxygens (including phenoxy) is 1. The molecule has 4 nitrogen and oxygen atoms in total. The summed E-state index contributed by atoms with van der Waals surface area (Å²) in [4.78, 5) is 22.4. The fourth-order valence-corrected chi connectivity index (χ4v) is 3.38. The topological polar surface area (TPSA) is 63.6 Å². The lowest BCUT2D eigenvalue weighted by molar-refractivity contribution is -0.152. The Hall–Kier alpha value is -1.06. The number of rotatable bonds is 3. The summed E-state index contributed by atoms with van der Waals surface area (Å²) in [6, 6.07) is 0. The highest BCUT2D eigenvalue weighted by molar-refractivity contribution is 5.78. The van der Waals surface area contributed by atoms with Crippen molar-refractivity contribution in [2.24, 2.45) is 10.8 Å². The Labute approximate surface area is 88.6 Å². The molecule has 2 rings (SSSR count). The van der Waals surface area contributed by atoms with Gasteiger partial charge in [0, 0.05) is 0 Å². The fraction of sp³-hybridized carbons (Fsp3) is 0.818. The van der Waals surface area contributed by atoms with Crippen LogP contribution in [0.15, 0.2) is 0 Å². The zero-order chi connectivity index (χ0) is 11.1. The van der Waals surface area contributed by atoms with Crippen LogP contribution in [-0.4, -0.2) is 24.2 Å². The first-order valence-electron chi connectivity index (χ1n) is 5.32. The first kappa shape index (κ1) is 10.5. The zero-order valence-corrected chi connectivity index (χ0v) is 8.91. The smallest absolute Gasteiger partial charge is 0.311 e. The van der Waals surface area contributed by atoms with Crippen LogP contribution in [0.3, 0.4) is 0 Å². The maximum Gasteiger partial charge on any atom is 0.311 e. The van der Waals surface area contributed by atoms with Crippen molar-refractivity contribution in [2.75, 3.05) is 7.11 Å². The minimum atomic E-state index is -0.752. The highest BCUT2D eigenvalue weighted by Crippen LogP contribution is 2.63.